The minimum atomic E-state index is -4.65. The summed E-state index contributed by atoms with van der Waals surface area (Å²) in [4.78, 5) is 0.408. The monoisotopic (exact) mass is 534 g/mol. The lowest BCUT2D eigenvalue weighted by molar-refractivity contribution is -0.138. The van der Waals surface area contributed by atoms with Gasteiger partial charge in [0.1, 0.15) is 0 Å². The van der Waals surface area contributed by atoms with Gasteiger partial charge in [-0.2, -0.15) is 26.3 Å². The third-order valence-corrected chi connectivity index (χ3v) is 7.45. The van der Waals surface area contributed by atoms with Gasteiger partial charge in [-0.3, -0.25) is 0 Å². The van der Waals surface area contributed by atoms with Gasteiger partial charge in [0.15, 0.2) is 0 Å². The Balaban J connectivity index is 1.97. The van der Waals surface area contributed by atoms with Crippen molar-refractivity contribution in [2.24, 2.45) is 11.8 Å². The first-order chi connectivity index (χ1) is 17.2. The van der Waals surface area contributed by atoms with Crippen LogP contribution in [0.25, 0.3) is 0 Å². The summed E-state index contributed by atoms with van der Waals surface area (Å²) in [5, 5.41) is 0. The van der Waals surface area contributed by atoms with Crippen LogP contribution < -0.4 is 0 Å². The molecule has 0 N–H and O–H groups in total. The maximum atomic E-state index is 14.2. The molecule has 2 aliphatic carbocycles. The van der Waals surface area contributed by atoms with E-state index >= 15 is 0 Å². The topological polar surface area (TPSA) is 0 Å². The van der Waals surface area contributed by atoms with Crippen molar-refractivity contribution in [3.05, 3.63) is 57.6 Å². The first kappa shape index (κ1) is 27.5. The van der Waals surface area contributed by atoms with Gasteiger partial charge in [0.05, 0.1) is 22.3 Å². The Kier molecular flexibility index (Phi) is 7.69. The van der Waals surface area contributed by atoms with Crippen LogP contribution in [-0.4, -0.2) is 0 Å². The van der Waals surface area contributed by atoms with E-state index in [1.54, 1.807) is 39.8 Å². The van der Waals surface area contributed by atoms with E-state index in [4.69, 9.17) is 0 Å². The van der Waals surface area contributed by atoms with E-state index in [0.29, 0.717) is 11.1 Å². The second kappa shape index (κ2) is 10.3. The minimum absolute atomic E-state index is 0.0600. The fourth-order valence-corrected chi connectivity index (χ4v) is 4.88. The van der Waals surface area contributed by atoms with Gasteiger partial charge >= 0.3 is 12.4 Å². The van der Waals surface area contributed by atoms with Crippen molar-refractivity contribution in [3.8, 4) is 23.7 Å². The highest BCUT2D eigenvalue weighted by molar-refractivity contribution is 7.99. The smallest absolute Gasteiger partial charge is 0.166 e. The van der Waals surface area contributed by atoms with Crippen LogP contribution in [0, 0.1) is 35.5 Å². The van der Waals surface area contributed by atoms with Gasteiger partial charge in [0, 0.05) is 21.6 Å². The molecule has 0 nitrogen and oxygen atoms in total. The molecule has 0 saturated heterocycles. The number of hydrogen-bond acceptors (Lipinski definition) is 1. The van der Waals surface area contributed by atoms with Crippen molar-refractivity contribution in [1.82, 2.24) is 0 Å². The second-order valence-corrected chi connectivity index (χ2v) is 11.5. The quantitative estimate of drug-likeness (QED) is 0.278. The van der Waals surface area contributed by atoms with Crippen LogP contribution in [0.5, 0.6) is 0 Å². The lowest BCUT2D eigenvalue weighted by Gasteiger charge is -2.20. The molecule has 196 valence electrons. The average Bonchev–Trinajstić information content (AvgIpc) is 3.70. The minimum Gasteiger partial charge on any atom is -0.166 e. The third-order valence-electron chi connectivity index (χ3n) is 6.37. The Labute approximate surface area is 218 Å². The van der Waals surface area contributed by atoms with E-state index in [1.165, 1.54) is 0 Å². The van der Waals surface area contributed by atoms with Crippen molar-refractivity contribution < 1.29 is 26.3 Å². The summed E-state index contributed by atoms with van der Waals surface area (Å²) in [6, 6.07) is 5.50. The van der Waals surface area contributed by atoms with E-state index in [0.717, 1.165) is 49.6 Å². The Morgan fingerprint density at radius 3 is 1.27 bits per heavy atom. The molecular formula is C30H28F6S. The zero-order valence-electron chi connectivity index (χ0n) is 21.1. The third kappa shape index (κ3) is 6.88. The normalized spacial score (nSPS) is 15.9. The van der Waals surface area contributed by atoms with Crippen LogP contribution >= 0.6 is 11.8 Å². The highest BCUT2D eigenvalue weighted by Gasteiger charge is 2.37. The molecule has 0 spiro atoms. The summed E-state index contributed by atoms with van der Waals surface area (Å²) in [6.07, 6.45) is -5.95. The van der Waals surface area contributed by atoms with Gasteiger partial charge in [-0.1, -0.05) is 63.1 Å². The van der Waals surface area contributed by atoms with E-state index in [2.05, 4.69) is 23.7 Å². The van der Waals surface area contributed by atoms with Crippen LogP contribution in [0.1, 0.15) is 98.6 Å². The maximum Gasteiger partial charge on any atom is 0.417 e. The van der Waals surface area contributed by atoms with E-state index in [9.17, 15) is 26.3 Å². The van der Waals surface area contributed by atoms with Crippen LogP contribution in [0.15, 0.2) is 34.1 Å². The van der Waals surface area contributed by atoms with Crippen LogP contribution in [0.4, 0.5) is 26.3 Å². The number of halogens is 6. The number of hydrogen-bond donors (Lipinski definition) is 0. The Morgan fingerprint density at radius 1 is 0.649 bits per heavy atom. The standard InChI is InChI=1S/C30H28F6S/c1-17(2)21-13-25(29(31,32)33)23(11-9-19-5-6-19)27(15-21)37-28-16-22(18(3)4)14-26(30(34,35)36)24(28)12-10-20-7-8-20/h13-20H,5-8H2,1-4H3. The highest BCUT2D eigenvalue weighted by atomic mass is 32.2. The lowest BCUT2D eigenvalue weighted by atomic mass is 9.96. The van der Waals surface area contributed by atoms with Gasteiger partial charge in [0.25, 0.3) is 0 Å². The summed E-state index contributed by atoms with van der Waals surface area (Å²) in [6.45, 7) is 7.14. The summed E-state index contributed by atoms with van der Waals surface area (Å²) >= 11 is 0.904. The fraction of sp³-hybridized carbons (Fsp3) is 0.467. The average molecular weight is 535 g/mol. The molecule has 2 aromatic carbocycles. The molecule has 0 bridgehead atoms. The number of alkyl halides is 6. The molecular weight excluding hydrogens is 506 g/mol. The van der Waals surface area contributed by atoms with Gasteiger partial charge in [-0.15, -0.1) is 0 Å². The van der Waals surface area contributed by atoms with Crippen molar-refractivity contribution in [2.45, 2.75) is 87.4 Å². The molecule has 37 heavy (non-hydrogen) atoms. The van der Waals surface area contributed by atoms with Crippen LogP contribution in [-0.2, 0) is 12.4 Å². The van der Waals surface area contributed by atoms with Gasteiger partial charge < -0.3 is 0 Å². The number of rotatable bonds is 4. The first-order valence-corrected chi connectivity index (χ1v) is 13.3. The molecule has 0 heterocycles. The van der Waals surface area contributed by atoms with Gasteiger partial charge in [-0.25, -0.2) is 0 Å². The molecule has 0 aliphatic heterocycles. The van der Waals surface area contributed by atoms with Crippen molar-refractivity contribution >= 4 is 11.8 Å². The summed E-state index contributed by atoms with van der Waals surface area (Å²) < 4.78 is 85.1. The van der Waals surface area contributed by atoms with Gasteiger partial charge in [-0.05, 0) is 72.9 Å². The summed E-state index contributed by atoms with van der Waals surface area (Å²) in [5.41, 5.74) is -1.16. The van der Waals surface area contributed by atoms with Crippen molar-refractivity contribution in [1.29, 1.82) is 0 Å². The molecule has 2 aromatic rings. The van der Waals surface area contributed by atoms with E-state index < -0.39 is 23.5 Å². The second-order valence-electron chi connectivity index (χ2n) is 10.4. The lowest BCUT2D eigenvalue weighted by Crippen LogP contribution is -2.11. The largest absolute Gasteiger partial charge is 0.417 e. The predicted octanol–water partition coefficient (Wildman–Crippen LogP) is 9.65. The molecule has 2 aliphatic rings. The maximum absolute atomic E-state index is 14.2. The highest BCUT2D eigenvalue weighted by Crippen LogP contribution is 2.45. The molecule has 7 heteroatoms. The van der Waals surface area contributed by atoms with Crippen LogP contribution in [0.3, 0.4) is 0 Å². The SMILES string of the molecule is CC(C)c1cc(Sc2cc(C(C)C)cc(C(F)(F)F)c2C#CC2CC2)c(C#CC2CC2)c(C(F)(F)F)c1. The summed E-state index contributed by atoms with van der Waals surface area (Å²) in [5.74, 6) is 11.0. The molecule has 4 rings (SSSR count). The zero-order chi connectivity index (χ0) is 27.1. The molecule has 0 unspecified atom stereocenters. The van der Waals surface area contributed by atoms with E-state index in [-0.39, 0.29) is 44.6 Å². The Bertz CT molecular complexity index is 1200. The molecule has 0 radical (unpaired) electrons. The molecule has 0 atom stereocenters. The van der Waals surface area contributed by atoms with Crippen LogP contribution in [0.2, 0.25) is 0 Å². The fourth-order valence-electron chi connectivity index (χ4n) is 3.73. The van der Waals surface area contributed by atoms with E-state index in [1.807, 2.05) is 0 Å². The zero-order valence-corrected chi connectivity index (χ0v) is 21.9. The van der Waals surface area contributed by atoms with Gasteiger partial charge in [0.2, 0.25) is 0 Å². The van der Waals surface area contributed by atoms with Crippen molar-refractivity contribution in [2.75, 3.05) is 0 Å². The molecule has 0 aromatic heterocycles. The molecule has 0 amide bonds. The summed E-state index contributed by atoms with van der Waals surface area (Å²) in [7, 11) is 0. The van der Waals surface area contributed by atoms with Crippen molar-refractivity contribution in [3.63, 3.8) is 0 Å². The molecule has 2 fully saturated rings. The molecule has 2 saturated carbocycles. The predicted molar refractivity (Wildman–Crippen MR) is 134 cm³/mol. The Morgan fingerprint density at radius 2 is 1.00 bits per heavy atom. The number of benzene rings is 2. The first-order valence-electron chi connectivity index (χ1n) is 12.4. The Hall–Kier alpha value is -2.51.